The lowest BCUT2D eigenvalue weighted by molar-refractivity contribution is -0.870. The van der Waals surface area contributed by atoms with Crippen LogP contribution in [0, 0.1) is 0 Å². The Kier molecular flexibility index (Phi) is 57.0. The minimum Gasteiger partial charge on any atom is -0.545 e. The molecule has 0 aromatic heterocycles. The summed E-state index contributed by atoms with van der Waals surface area (Å²) in [6.45, 7) is 4.62. The van der Waals surface area contributed by atoms with Gasteiger partial charge in [-0.1, -0.05) is 252 Å². The fourth-order valence-corrected chi connectivity index (χ4v) is 8.61. The number of hydrogen-bond donors (Lipinski definition) is 0. The first-order chi connectivity index (χ1) is 38.6. The van der Waals surface area contributed by atoms with Gasteiger partial charge in [0, 0.05) is 12.8 Å². The number of quaternary nitrogens is 1. The van der Waals surface area contributed by atoms with Crippen molar-refractivity contribution in [2.24, 2.45) is 0 Å². The highest BCUT2D eigenvalue weighted by atomic mass is 16.7. The maximum Gasteiger partial charge on any atom is 0.306 e. The number of carboxylic acids is 1. The Labute approximate surface area is 485 Å². The molecule has 0 aromatic rings. The molecule has 0 amide bonds. The summed E-state index contributed by atoms with van der Waals surface area (Å²) in [7, 11) is 5.92. The van der Waals surface area contributed by atoms with Gasteiger partial charge in [0.25, 0.3) is 0 Å². The number of esters is 2. The summed E-state index contributed by atoms with van der Waals surface area (Å²) in [5.41, 5.74) is 0. The molecule has 0 spiro atoms. The van der Waals surface area contributed by atoms with Gasteiger partial charge < -0.3 is 33.3 Å². The Hall–Kier alpha value is -4.05. The van der Waals surface area contributed by atoms with Crippen LogP contribution in [0.3, 0.4) is 0 Å². The lowest BCUT2D eigenvalue weighted by Crippen LogP contribution is -2.44. The standard InChI is InChI=1S/C70H119NO8/c1-6-8-10-12-14-16-18-20-22-24-26-28-30-31-32-33-34-35-36-37-39-41-43-45-47-49-51-53-55-57-59-61-68(73)79-66(65-78-70(69(74)75)76-63-62-71(3,4)5)64-77-67(72)60-58-56-54-52-50-48-46-44-42-40-38-29-27-25-23-21-19-17-15-13-11-9-7-2/h8,10,14,16,20,22,25-28,31-32,34-35,37,39,43,45,66,70H,6-7,9,11-13,15,17-19,21,23-24,29-30,33,36,38,40-42,44,46-65H2,1-5H3/b10-8-,16-14-,22-20-,27-25-,28-26-,32-31-,35-34-,39-37-,45-43-. The van der Waals surface area contributed by atoms with E-state index in [1.54, 1.807) is 0 Å². The van der Waals surface area contributed by atoms with E-state index < -0.39 is 24.3 Å². The first-order valence-electron chi connectivity index (χ1n) is 32.0. The zero-order chi connectivity index (χ0) is 57.6. The lowest BCUT2D eigenvalue weighted by Gasteiger charge is -2.26. The number of ether oxygens (including phenoxy) is 4. The smallest absolute Gasteiger partial charge is 0.306 e. The van der Waals surface area contributed by atoms with Crippen molar-refractivity contribution in [1.82, 2.24) is 0 Å². The van der Waals surface area contributed by atoms with Crippen molar-refractivity contribution in [2.75, 3.05) is 47.5 Å². The molecule has 0 aliphatic carbocycles. The van der Waals surface area contributed by atoms with Crippen molar-refractivity contribution < 1.29 is 42.9 Å². The Morgan fingerprint density at radius 3 is 1.09 bits per heavy atom. The van der Waals surface area contributed by atoms with Crippen LogP contribution in [-0.2, 0) is 33.3 Å². The molecule has 0 radical (unpaired) electrons. The van der Waals surface area contributed by atoms with E-state index in [1.165, 1.54) is 116 Å². The summed E-state index contributed by atoms with van der Waals surface area (Å²) >= 11 is 0. The predicted octanol–water partition coefficient (Wildman–Crippen LogP) is 18.1. The van der Waals surface area contributed by atoms with E-state index in [1.807, 2.05) is 21.1 Å². The quantitative estimate of drug-likeness (QED) is 0.0195. The van der Waals surface area contributed by atoms with E-state index in [9.17, 15) is 19.5 Å². The molecular weight excluding hydrogens is 983 g/mol. The normalized spacial score (nSPS) is 13.5. The summed E-state index contributed by atoms with van der Waals surface area (Å²) in [6.07, 6.45) is 80.0. The molecule has 0 aliphatic heterocycles. The Morgan fingerprint density at radius 1 is 0.392 bits per heavy atom. The molecule has 0 rings (SSSR count). The van der Waals surface area contributed by atoms with Gasteiger partial charge >= 0.3 is 11.9 Å². The number of carbonyl (C=O) groups is 3. The largest absolute Gasteiger partial charge is 0.545 e. The minimum atomic E-state index is -1.63. The first kappa shape index (κ1) is 75.0. The van der Waals surface area contributed by atoms with Crippen LogP contribution in [0.15, 0.2) is 109 Å². The van der Waals surface area contributed by atoms with Crippen molar-refractivity contribution in [1.29, 1.82) is 0 Å². The van der Waals surface area contributed by atoms with Gasteiger partial charge in [0.2, 0.25) is 0 Å². The molecule has 9 heteroatoms. The van der Waals surface area contributed by atoms with Crippen molar-refractivity contribution in [3.05, 3.63) is 109 Å². The van der Waals surface area contributed by atoms with Gasteiger partial charge in [-0.05, 0) is 103 Å². The molecule has 0 saturated carbocycles. The Bertz CT molecular complexity index is 1660. The number of nitrogens with zero attached hydrogens (tertiary/aromatic N) is 1. The number of allylic oxidation sites excluding steroid dienone is 18. The third-order valence-corrected chi connectivity index (χ3v) is 13.5. The fraction of sp³-hybridized carbons (Fsp3) is 0.700. The van der Waals surface area contributed by atoms with Gasteiger partial charge in [-0.15, -0.1) is 0 Å². The minimum absolute atomic E-state index is 0.139. The van der Waals surface area contributed by atoms with E-state index in [0.29, 0.717) is 17.4 Å². The van der Waals surface area contributed by atoms with E-state index in [-0.39, 0.29) is 38.6 Å². The van der Waals surface area contributed by atoms with Gasteiger partial charge in [-0.3, -0.25) is 9.59 Å². The number of unbranched alkanes of at least 4 members (excludes halogenated alkanes) is 25. The second-order valence-corrected chi connectivity index (χ2v) is 22.3. The van der Waals surface area contributed by atoms with Crippen LogP contribution in [0.5, 0.6) is 0 Å². The molecule has 2 unspecified atom stereocenters. The number of hydrogen-bond acceptors (Lipinski definition) is 8. The molecular formula is C70H119NO8. The highest BCUT2D eigenvalue weighted by Crippen LogP contribution is 2.16. The third-order valence-electron chi connectivity index (χ3n) is 13.5. The van der Waals surface area contributed by atoms with Gasteiger partial charge in [0.15, 0.2) is 12.4 Å². The molecule has 9 nitrogen and oxygen atoms in total. The molecule has 0 N–H and O–H groups in total. The number of carbonyl (C=O) groups excluding carboxylic acids is 3. The number of aliphatic carboxylic acids is 1. The van der Waals surface area contributed by atoms with Crippen LogP contribution < -0.4 is 5.11 Å². The average Bonchev–Trinajstić information content (AvgIpc) is 3.42. The number of likely N-dealkylation sites (N-methyl/N-ethyl adjacent to an activating group) is 1. The second-order valence-electron chi connectivity index (χ2n) is 22.3. The summed E-state index contributed by atoms with van der Waals surface area (Å²) < 4.78 is 22.7. The van der Waals surface area contributed by atoms with Crippen LogP contribution in [0.2, 0.25) is 0 Å². The van der Waals surface area contributed by atoms with E-state index in [2.05, 4.69) is 123 Å². The Balaban J connectivity index is 4.26. The Morgan fingerprint density at radius 2 is 0.722 bits per heavy atom. The summed E-state index contributed by atoms with van der Waals surface area (Å²) in [5.74, 6) is -2.31. The van der Waals surface area contributed by atoms with Crippen molar-refractivity contribution in [3.63, 3.8) is 0 Å². The number of carboxylic acid groups (broad SMARTS) is 1. The highest BCUT2D eigenvalue weighted by molar-refractivity contribution is 5.70. The summed E-state index contributed by atoms with van der Waals surface area (Å²) in [6, 6.07) is 0. The van der Waals surface area contributed by atoms with Crippen molar-refractivity contribution >= 4 is 17.9 Å². The highest BCUT2D eigenvalue weighted by Gasteiger charge is 2.22. The molecule has 0 aliphatic rings. The SMILES string of the molecule is CC/C=C\C/C=C\C/C=C\C/C=C\C/C=C\C/C=C\C/C=C\C/C=C\CCCCCCCCC(=O)OC(COC(=O)CCCCCCCCCCCCC/C=C\CCCCCCCCCC)COC(OCC[N+](C)(C)C)C(=O)[O-]. The van der Waals surface area contributed by atoms with Gasteiger partial charge in [-0.25, -0.2) is 0 Å². The third kappa shape index (κ3) is 61.4. The molecule has 0 saturated heterocycles. The second kappa shape index (κ2) is 60.1. The average molecular weight is 1100 g/mol. The van der Waals surface area contributed by atoms with Crippen LogP contribution >= 0.6 is 0 Å². The zero-order valence-corrected chi connectivity index (χ0v) is 51.5. The van der Waals surface area contributed by atoms with Crippen LogP contribution in [0.4, 0.5) is 0 Å². The molecule has 79 heavy (non-hydrogen) atoms. The first-order valence-corrected chi connectivity index (χ1v) is 32.0. The fourth-order valence-electron chi connectivity index (χ4n) is 8.61. The predicted molar refractivity (Wildman–Crippen MR) is 333 cm³/mol. The molecule has 0 fully saturated rings. The molecule has 2 atom stereocenters. The van der Waals surface area contributed by atoms with Gasteiger partial charge in [0.05, 0.1) is 40.3 Å². The van der Waals surface area contributed by atoms with Crippen LogP contribution in [0.25, 0.3) is 0 Å². The molecule has 0 aromatic carbocycles. The van der Waals surface area contributed by atoms with Crippen LogP contribution in [0.1, 0.15) is 258 Å². The molecule has 0 heterocycles. The lowest BCUT2D eigenvalue weighted by atomic mass is 10.0. The molecule has 452 valence electrons. The maximum absolute atomic E-state index is 12.9. The van der Waals surface area contributed by atoms with Gasteiger partial charge in [-0.2, -0.15) is 0 Å². The van der Waals surface area contributed by atoms with Crippen molar-refractivity contribution in [2.45, 2.75) is 270 Å². The van der Waals surface area contributed by atoms with Gasteiger partial charge in [0.1, 0.15) is 13.2 Å². The van der Waals surface area contributed by atoms with Crippen molar-refractivity contribution in [3.8, 4) is 0 Å². The van der Waals surface area contributed by atoms with E-state index >= 15 is 0 Å². The monoisotopic (exact) mass is 1100 g/mol. The zero-order valence-electron chi connectivity index (χ0n) is 51.5. The summed E-state index contributed by atoms with van der Waals surface area (Å²) in [5, 5.41) is 11.8. The van der Waals surface area contributed by atoms with E-state index in [4.69, 9.17) is 18.9 Å². The molecule has 0 bridgehead atoms. The summed E-state index contributed by atoms with van der Waals surface area (Å²) in [4.78, 5) is 37.4. The van der Waals surface area contributed by atoms with Crippen LogP contribution in [-0.4, -0.2) is 82.3 Å². The van der Waals surface area contributed by atoms with E-state index in [0.717, 1.165) is 109 Å². The topological polar surface area (TPSA) is 111 Å². The maximum atomic E-state index is 12.9. The number of rotatable bonds is 58.